The van der Waals surface area contributed by atoms with Crippen LogP contribution in [-0.2, 0) is 0 Å². The molecule has 3 nitrogen and oxygen atoms in total. The molecule has 1 atom stereocenters. The third kappa shape index (κ3) is 1.69. The van der Waals surface area contributed by atoms with E-state index in [9.17, 15) is 5.11 Å². The fourth-order valence-corrected chi connectivity index (χ4v) is 0.692. The van der Waals surface area contributed by atoms with Crippen LogP contribution in [0.1, 0.15) is 6.42 Å². The molecule has 0 amide bonds. The highest BCUT2D eigenvalue weighted by Gasteiger charge is 2.21. The smallest absolute Gasteiger partial charge is 0.173 e. The van der Waals surface area contributed by atoms with E-state index in [1.165, 1.54) is 6.08 Å². The lowest BCUT2D eigenvalue weighted by atomic mass is 9.98. The zero-order valence-electron chi connectivity index (χ0n) is 5.41. The molecule has 0 spiro atoms. The number of nitriles is 1. The summed E-state index contributed by atoms with van der Waals surface area (Å²) in [6.45, 7) is 0. The van der Waals surface area contributed by atoms with E-state index in [4.69, 9.17) is 5.26 Å². The number of allylic oxidation sites excluding steroid dienone is 2. The number of rotatable bonds is 0. The predicted octanol–water partition coefficient (Wildman–Crippen LogP) is -0.0675. The number of aliphatic hydroxyl groups is 1. The van der Waals surface area contributed by atoms with Crippen LogP contribution < -0.4 is 0 Å². The molecule has 0 aromatic carbocycles. The molecule has 0 saturated carbocycles. The average Bonchev–Trinajstić information content (AvgIpc) is 1.90. The second-order valence-corrected chi connectivity index (χ2v) is 2.03. The van der Waals surface area contributed by atoms with Crippen LogP contribution in [0.3, 0.4) is 0 Å². The van der Waals surface area contributed by atoms with E-state index in [1.807, 2.05) is 6.08 Å². The number of nitrogens with zero attached hydrogens (tertiary/aromatic N) is 1. The van der Waals surface area contributed by atoms with Crippen molar-refractivity contribution in [2.45, 2.75) is 12.0 Å². The molecule has 1 rings (SSSR count). The SMILES string of the molecule is N#CC1(O)C=CC=CC1.O. The van der Waals surface area contributed by atoms with E-state index >= 15 is 0 Å². The van der Waals surface area contributed by atoms with Gasteiger partial charge in [-0.1, -0.05) is 18.2 Å². The first-order chi connectivity index (χ1) is 4.27. The zero-order chi connectivity index (χ0) is 6.74. The Morgan fingerprint density at radius 1 is 1.50 bits per heavy atom. The Morgan fingerprint density at radius 2 is 2.20 bits per heavy atom. The summed E-state index contributed by atoms with van der Waals surface area (Å²) < 4.78 is 0. The van der Waals surface area contributed by atoms with Crippen LogP contribution in [0, 0.1) is 11.3 Å². The maximum absolute atomic E-state index is 9.18. The van der Waals surface area contributed by atoms with E-state index in [2.05, 4.69) is 0 Å². The van der Waals surface area contributed by atoms with Gasteiger partial charge in [-0.3, -0.25) is 0 Å². The molecule has 0 aromatic rings. The Kier molecular flexibility index (Phi) is 2.81. The molecule has 0 heterocycles. The molecular weight excluding hydrogens is 130 g/mol. The van der Waals surface area contributed by atoms with Crippen molar-refractivity contribution in [1.29, 1.82) is 5.26 Å². The first kappa shape index (κ1) is 8.89. The van der Waals surface area contributed by atoms with E-state index in [0.717, 1.165) is 0 Å². The molecule has 0 saturated heterocycles. The molecular formula is C7H9NO2. The van der Waals surface area contributed by atoms with Gasteiger partial charge < -0.3 is 10.6 Å². The molecule has 1 aliphatic rings. The van der Waals surface area contributed by atoms with Gasteiger partial charge in [0.1, 0.15) is 6.07 Å². The lowest BCUT2D eigenvalue weighted by Crippen LogP contribution is -2.22. The van der Waals surface area contributed by atoms with Gasteiger partial charge in [-0.2, -0.15) is 5.26 Å². The molecule has 1 unspecified atom stereocenters. The van der Waals surface area contributed by atoms with Crippen molar-refractivity contribution in [2.75, 3.05) is 0 Å². The van der Waals surface area contributed by atoms with Gasteiger partial charge in [0.05, 0.1) is 0 Å². The van der Waals surface area contributed by atoms with Gasteiger partial charge in [-0.05, 0) is 6.08 Å². The van der Waals surface area contributed by atoms with Gasteiger partial charge in [0.25, 0.3) is 0 Å². The highest BCUT2D eigenvalue weighted by atomic mass is 16.3. The third-order valence-corrected chi connectivity index (χ3v) is 1.24. The van der Waals surface area contributed by atoms with Crippen molar-refractivity contribution in [3.63, 3.8) is 0 Å². The quantitative estimate of drug-likeness (QED) is 0.477. The van der Waals surface area contributed by atoms with E-state index < -0.39 is 5.60 Å². The first-order valence-corrected chi connectivity index (χ1v) is 2.75. The van der Waals surface area contributed by atoms with Crippen LogP contribution in [-0.4, -0.2) is 16.2 Å². The maximum atomic E-state index is 9.18. The zero-order valence-corrected chi connectivity index (χ0v) is 5.41. The van der Waals surface area contributed by atoms with E-state index in [1.54, 1.807) is 18.2 Å². The summed E-state index contributed by atoms with van der Waals surface area (Å²) in [5.74, 6) is 0. The molecule has 0 radical (unpaired) electrons. The summed E-state index contributed by atoms with van der Waals surface area (Å²) in [6, 6.07) is 1.80. The van der Waals surface area contributed by atoms with Crippen molar-refractivity contribution < 1.29 is 10.6 Å². The van der Waals surface area contributed by atoms with Crippen molar-refractivity contribution >= 4 is 0 Å². The summed E-state index contributed by atoms with van der Waals surface area (Å²) in [4.78, 5) is 0. The Bertz CT molecular complexity index is 202. The van der Waals surface area contributed by atoms with Gasteiger partial charge in [0.2, 0.25) is 0 Å². The van der Waals surface area contributed by atoms with Crippen molar-refractivity contribution in [2.24, 2.45) is 0 Å². The summed E-state index contributed by atoms with van der Waals surface area (Å²) in [7, 11) is 0. The molecule has 0 fully saturated rings. The van der Waals surface area contributed by atoms with Crippen LogP contribution in [0.4, 0.5) is 0 Å². The monoisotopic (exact) mass is 139 g/mol. The standard InChI is InChI=1S/C7H7NO.H2O/c8-6-7(9)4-2-1-3-5-7;/h1-4,9H,5H2;1H2. The van der Waals surface area contributed by atoms with Gasteiger partial charge >= 0.3 is 0 Å². The van der Waals surface area contributed by atoms with Crippen molar-refractivity contribution in [3.05, 3.63) is 24.3 Å². The Balaban J connectivity index is 0.000000810. The maximum Gasteiger partial charge on any atom is 0.173 e. The van der Waals surface area contributed by atoms with Gasteiger partial charge in [0.15, 0.2) is 5.60 Å². The summed E-state index contributed by atoms with van der Waals surface area (Å²) >= 11 is 0. The second-order valence-electron chi connectivity index (χ2n) is 2.03. The van der Waals surface area contributed by atoms with Gasteiger partial charge in [0, 0.05) is 6.42 Å². The van der Waals surface area contributed by atoms with Crippen LogP contribution in [0.2, 0.25) is 0 Å². The van der Waals surface area contributed by atoms with Gasteiger partial charge in [-0.15, -0.1) is 0 Å². The summed E-state index contributed by atoms with van der Waals surface area (Å²) in [5, 5.41) is 17.5. The molecule has 0 bridgehead atoms. The summed E-state index contributed by atoms with van der Waals surface area (Å²) in [6.07, 6.45) is 7.15. The Hall–Kier alpha value is -1.11. The minimum Gasteiger partial charge on any atom is -0.412 e. The van der Waals surface area contributed by atoms with Crippen LogP contribution in [0.25, 0.3) is 0 Å². The van der Waals surface area contributed by atoms with E-state index in [-0.39, 0.29) is 5.48 Å². The van der Waals surface area contributed by atoms with E-state index in [0.29, 0.717) is 6.42 Å². The second kappa shape index (κ2) is 3.16. The fourth-order valence-electron chi connectivity index (χ4n) is 0.692. The topological polar surface area (TPSA) is 75.5 Å². The molecule has 3 N–H and O–H groups in total. The Morgan fingerprint density at radius 3 is 2.50 bits per heavy atom. The van der Waals surface area contributed by atoms with Crippen molar-refractivity contribution in [1.82, 2.24) is 0 Å². The first-order valence-electron chi connectivity index (χ1n) is 2.75. The Labute approximate surface area is 59.2 Å². The number of hydrogen-bond donors (Lipinski definition) is 1. The fraction of sp³-hybridized carbons (Fsp3) is 0.286. The number of hydrogen-bond acceptors (Lipinski definition) is 2. The minimum atomic E-state index is -1.24. The van der Waals surface area contributed by atoms with Crippen LogP contribution in [0.15, 0.2) is 24.3 Å². The predicted molar refractivity (Wildman–Crippen MR) is 37.1 cm³/mol. The summed E-state index contributed by atoms with van der Waals surface area (Å²) in [5.41, 5.74) is -1.24. The highest BCUT2D eigenvalue weighted by Crippen LogP contribution is 2.15. The molecule has 54 valence electrons. The third-order valence-electron chi connectivity index (χ3n) is 1.24. The molecule has 0 aromatic heterocycles. The normalized spacial score (nSPS) is 28.8. The molecule has 3 heteroatoms. The van der Waals surface area contributed by atoms with Gasteiger partial charge in [-0.25, -0.2) is 0 Å². The lowest BCUT2D eigenvalue weighted by molar-refractivity contribution is 0.153. The molecule has 10 heavy (non-hydrogen) atoms. The molecule has 0 aliphatic heterocycles. The highest BCUT2D eigenvalue weighted by molar-refractivity contribution is 5.25. The van der Waals surface area contributed by atoms with Crippen molar-refractivity contribution in [3.8, 4) is 6.07 Å². The average molecular weight is 139 g/mol. The minimum absolute atomic E-state index is 0. The van der Waals surface area contributed by atoms with Crippen LogP contribution >= 0.6 is 0 Å². The lowest BCUT2D eigenvalue weighted by Gasteiger charge is -2.14. The van der Waals surface area contributed by atoms with Crippen LogP contribution in [0.5, 0.6) is 0 Å². The largest absolute Gasteiger partial charge is 0.412 e. The molecule has 1 aliphatic carbocycles.